The fourth-order valence-electron chi connectivity index (χ4n) is 2.26. The van der Waals surface area contributed by atoms with Crippen LogP contribution in [0.15, 0.2) is 61.0 Å². The number of anilines is 1. The Morgan fingerprint density at radius 3 is 2.54 bits per heavy atom. The molecule has 0 aliphatic carbocycles. The van der Waals surface area contributed by atoms with Crippen LogP contribution < -0.4 is 5.32 Å². The minimum absolute atomic E-state index is 0.150. The zero-order valence-electron chi connectivity index (χ0n) is 13.8. The van der Waals surface area contributed by atoms with Crippen molar-refractivity contribution in [3.63, 3.8) is 0 Å². The largest absolute Gasteiger partial charge is 0.416 e. The van der Waals surface area contributed by atoms with Gasteiger partial charge in [-0.05, 0) is 62.0 Å². The van der Waals surface area contributed by atoms with Gasteiger partial charge in [0, 0.05) is 8.95 Å². The monoisotopic (exact) mass is 495 g/mol. The van der Waals surface area contributed by atoms with Crippen LogP contribution in [0, 0.1) is 6.92 Å². The molecule has 0 radical (unpaired) electrons. The van der Waals surface area contributed by atoms with E-state index < -0.39 is 0 Å². The Morgan fingerprint density at radius 2 is 1.85 bits per heavy atom. The molecule has 1 heterocycles. The molecule has 8 heteroatoms. The van der Waals surface area contributed by atoms with Gasteiger partial charge in [0.25, 0.3) is 5.22 Å². The minimum Gasteiger partial charge on any atom is -0.416 e. The highest BCUT2D eigenvalue weighted by atomic mass is 79.9. The Morgan fingerprint density at radius 1 is 1.15 bits per heavy atom. The molecule has 3 rings (SSSR count). The van der Waals surface area contributed by atoms with Crippen LogP contribution >= 0.6 is 43.6 Å². The smallest absolute Gasteiger partial charge is 0.277 e. The summed E-state index contributed by atoms with van der Waals surface area (Å²) in [5, 5.41) is 11.3. The van der Waals surface area contributed by atoms with Gasteiger partial charge in [0.15, 0.2) is 0 Å². The summed E-state index contributed by atoms with van der Waals surface area (Å²) in [5.74, 6) is 0.561. The number of aryl methyl sites for hydroxylation is 1. The Bertz CT molecular complexity index is 893. The summed E-state index contributed by atoms with van der Waals surface area (Å²) in [5.41, 5.74) is 2.89. The molecule has 2 aromatic carbocycles. The third kappa shape index (κ3) is 5.18. The Balaban J connectivity index is 1.55. The molecule has 0 bridgehead atoms. The molecule has 0 unspecified atom stereocenters. The van der Waals surface area contributed by atoms with Crippen molar-refractivity contribution in [2.75, 3.05) is 11.1 Å². The van der Waals surface area contributed by atoms with Gasteiger partial charge >= 0.3 is 0 Å². The lowest BCUT2D eigenvalue weighted by molar-refractivity contribution is -0.113. The van der Waals surface area contributed by atoms with E-state index in [0.717, 1.165) is 20.1 Å². The first-order valence-corrected chi connectivity index (χ1v) is 10.3. The van der Waals surface area contributed by atoms with Crippen LogP contribution in [-0.2, 0) is 11.2 Å². The summed E-state index contributed by atoms with van der Waals surface area (Å²) in [6, 6.07) is 13.8. The van der Waals surface area contributed by atoms with Crippen molar-refractivity contribution in [1.82, 2.24) is 10.2 Å². The highest BCUT2D eigenvalue weighted by Gasteiger charge is 2.13. The van der Waals surface area contributed by atoms with Crippen molar-refractivity contribution in [1.29, 1.82) is 0 Å². The summed E-state index contributed by atoms with van der Waals surface area (Å²) in [4.78, 5) is 12.2. The van der Waals surface area contributed by atoms with E-state index in [9.17, 15) is 4.79 Å². The van der Waals surface area contributed by atoms with Gasteiger partial charge in [0.1, 0.15) is 0 Å². The van der Waals surface area contributed by atoms with Crippen LogP contribution in [0.4, 0.5) is 5.69 Å². The Kier molecular flexibility index (Phi) is 6.50. The van der Waals surface area contributed by atoms with Gasteiger partial charge in [-0.1, -0.05) is 42.1 Å². The number of hydrogen-bond acceptors (Lipinski definition) is 5. The number of thioether (sulfide) groups is 1. The summed E-state index contributed by atoms with van der Waals surface area (Å²) in [7, 11) is 0. The van der Waals surface area contributed by atoms with E-state index in [-0.39, 0.29) is 11.7 Å². The molecule has 1 N–H and O–H groups in total. The molecule has 0 saturated heterocycles. The van der Waals surface area contributed by atoms with Crippen molar-refractivity contribution < 1.29 is 9.21 Å². The van der Waals surface area contributed by atoms with E-state index in [1.54, 1.807) is 0 Å². The van der Waals surface area contributed by atoms with Crippen molar-refractivity contribution in [3.05, 3.63) is 68.4 Å². The Labute approximate surface area is 172 Å². The molecule has 3 aromatic rings. The second kappa shape index (κ2) is 8.83. The Hall–Kier alpha value is -1.64. The molecule has 134 valence electrons. The molecular formula is C18H15Br2N3O2S. The lowest BCUT2D eigenvalue weighted by Gasteiger charge is -2.10. The number of nitrogens with zero attached hydrogens (tertiary/aromatic N) is 2. The second-order valence-corrected chi connectivity index (χ2v) is 8.20. The highest BCUT2D eigenvalue weighted by molar-refractivity contribution is 9.11. The maximum Gasteiger partial charge on any atom is 0.277 e. The topological polar surface area (TPSA) is 68.0 Å². The number of hydrogen-bond donors (Lipinski definition) is 1. The molecule has 0 atom stereocenters. The van der Waals surface area contributed by atoms with Crippen LogP contribution in [0.2, 0.25) is 0 Å². The van der Waals surface area contributed by atoms with Gasteiger partial charge < -0.3 is 9.73 Å². The molecule has 1 aromatic heterocycles. The van der Waals surface area contributed by atoms with E-state index in [2.05, 4.69) is 47.4 Å². The molecule has 26 heavy (non-hydrogen) atoms. The first-order chi connectivity index (χ1) is 12.5. The van der Waals surface area contributed by atoms with Crippen LogP contribution in [-0.4, -0.2) is 21.9 Å². The van der Waals surface area contributed by atoms with Crippen LogP contribution in [0.25, 0.3) is 0 Å². The van der Waals surface area contributed by atoms with Crippen molar-refractivity contribution in [2.45, 2.75) is 18.6 Å². The van der Waals surface area contributed by atoms with Gasteiger partial charge in [-0.2, -0.15) is 0 Å². The fraction of sp³-hybridized carbons (Fsp3) is 0.167. The molecule has 5 nitrogen and oxygen atoms in total. The highest BCUT2D eigenvalue weighted by Crippen LogP contribution is 2.32. The quantitative estimate of drug-likeness (QED) is 0.473. The van der Waals surface area contributed by atoms with Crippen molar-refractivity contribution in [3.8, 4) is 0 Å². The van der Waals surface area contributed by atoms with Gasteiger partial charge in [0.2, 0.25) is 11.8 Å². The minimum atomic E-state index is -0.150. The molecule has 0 aliphatic heterocycles. The molecule has 0 saturated carbocycles. The number of nitrogens with one attached hydrogen (secondary N) is 1. The van der Waals surface area contributed by atoms with E-state index in [1.807, 2.05) is 49.4 Å². The van der Waals surface area contributed by atoms with E-state index in [0.29, 0.717) is 23.2 Å². The number of benzene rings is 2. The molecule has 0 spiro atoms. The molecule has 0 aliphatic rings. The third-order valence-electron chi connectivity index (χ3n) is 3.42. The number of halogens is 2. The predicted molar refractivity (Wildman–Crippen MR) is 109 cm³/mol. The molecule has 1 amide bonds. The van der Waals surface area contributed by atoms with Gasteiger partial charge in [-0.25, -0.2) is 0 Å². The summed E-state index contributed by atoms with van der Waals surface area (Å²) >= 11 is 8.14. The van der Waals surface area contributed by atoms with E-state index in [4.69, 9.17) is 4.42 Å². The first-order valence-electron chi connectivity index (χ1n) is 7.76. The summed E-state index contributed by atoms with van der Waals surface area (Å²) in [6.07, 6.45) is 0.573. The number of aromatic nitrogens is 2. The number of rotatable bonds is 6. The van der Waals surface area contributed by atoms with Crippen molar-refractivity contribution >= 4 is 55.2 Å². The predicted octanol–water partition coefficient (Wildman–Crippen LogP) is 5.22. The van der Waals surface area contributed by atoms with Crippen LogP contribution in [0.5, 0.6) is 0 Å². The van der Waals surface area contributed by atoms with Crippen LogP contribution in [0.3, 0.4) is 0 Å². The lowest BCUT2D eigenvalue weighted by Crippen LogP contribution is -2.15. The first kappa shape index (κ1) is 19.1. The maximum absolute atomic E-state index is 12.2. The zero-order chi connectivity index (χ0) is 18.5. The summed E-state index contributed by atoms with van der Waals surface area (Å²) < 4.78 is 7.24. The standard InChI is InChI=1S/C18H15Br2N3O2S/c1-11-7-13(19)17(14(20)8-11)21-15(24)10-26-18-23-22-16(25-18)9-12-5-3-2-4-6-12/h2-8H,9-10H2,1H3,(H,21,24). The third-order valence-corrected chi connectivity index (χ3v) is 5.49. The zero-order valence-corrected chi connectivity index (χ0v) is 17.8. The van der Waals surface area contributed by atoms with E-state index >= 15 is 0 Å². The average molecular weight is 497 g/mol. The number of carbonyl (C=O) groups excluding carboxylic acids is 1. The fourth-order valence-corrected chi connectivity index (χ4v) is 4.45. The molecule has 0 fully saturated rings. The number of carbonyl (C=O) groups is 1. The van der Waals surface area contributed by atoms with Gasteiger partial charge in [-0.3, -0.25) is 4.79 Å². The SMILES string of the molecule is Cc1cc(Br)c(NC(=O)CSc2nnc(Cc3ccccc3)o2)c(Br)c1. The van der Waals surface area contributed by atoms with Crippen molar-refractivity contribution in [2.24, 2.45) is 0 Å². The van der Waals surface area contributed by atoms with Gasteiger partial charge in [-0.15, -0.1) is 10.2 Å². The van der Waals surface area contributed by atoms with Crippen LogP contribution in [0.1, 0.15) is 17.0 Å². The summed E-state index contributed by atoms with van der Waals surface area (Å²) in [6.45, 7) is 1.99. The maximum atomic E-state index is 12.2. The average Bonchev–Trinajstić information content (AvgIpc) is 3.04. The second-order valence-electron chi connectivity index (χ2n) is 5.56. The molecular weight excluding hydrogens is 482 g/mol. The number of amides is 1. The van der Waals surface area contributed by atoms with E-state index in [1.165, 1.54) is 11.8 Å². The normalized spacial score (nSPS) is 10.7. The van der Waals surface area contributed by atoms with Gasteiger partial charge in [0.05, 0.1) is 17.9 Å². The lowest BCUT2D eigenvalue weighted by atomic mass is 10.2.